The summed E-state index contributed by atoms with van der Waals surface area (Å²) in [5.74, 6) is 0.546. The van der Waals surface area contributed by atoms with Crippen LogP contribution in [0.3, 0.4) is 0 Å². The number of likely N-dealkylation sites (N-methyl/N-ethyl adjacent to an activating group) is 1. The minimum Gasteiger partial charge on any atom is -0.412 e. The number of fused-ring (bicyclic) bond motifs is 1. The fourth-order valence-electron chi connectivity index (χ4n) is 4.29. The number of piperazine rings is 1. The van der Waals surface area contributed by atoms with Gasteiger partial charge in [0.15, 0.2) is 5.65 Å². The Morgan fingerprint density at radius 1 is 0.973 bits per heavy atom. The number of hydrogen-bond donors (Lipinski definition) is 1. The van der Waals surface area contributed by atoms with Crippen LogP contribution in [0, 0.1) is 0 Å². The number of para-hydroxylation sites is 1. The van der Waals surface area contributed by atoms with E-state index in [4.69, 9.17) is 4.98 Å². The molecule has 0 saturated carbocycles. The van der Waals surface area contributed by atoms with Crippen LogP contribution in [0.15, 0.2) is 66.9 Å². The summed E-state index contributed by atoms with van der Waals surface area (Å²) in [6.45, 7) is 4.26. The van der Waals surface area contributed by atoms with Crippen LogP contribution >= 0.6 is 0 Å². The quantitative estimate of drug-likeness (QED) is 0.399. The lowest BCUT2D eigenvalue weighted by atomic mass is 10.1. The average molecular weight is 522 g/mol. The van der Waals surface area contributed by atoms with Crippen LogP contribution in [0.5, 0.6) is 0 Å². The van der Waals surface area contributed by atoms with Crippen molar-refractivity contribution in [3.8, 4) is 0 Å². The predicted octanol–water partition coefficient (Wildman–Crippen LogP) is 3.55. The first-order chi connectivity index (χ1) is 17.5. The van der Waals surface area contributed by atoms with Crippen LogP contribution in [0.25, 0.3) is 17.8 Å². The van der Waals surface area contributed by atoms with Gasteiger partial charge in [0, 0.05) is 64.0 Å². The fourth-order valence-corrected chi connectivity index (χ4v) is 4.74. The van der Waals surface area contributed by atoms with Gasteiger partial charge in [-0.25, -0.2) is 8.72 Å². The number of rotatable bonds is 7. The minimum absolute atomic E-state index is 0. The Labute approximate surface area is 221 Å². The Balaban J connectivity index is 0.00000200. The van der Waals surface area contributed by atoms with Gasteiger partial charge >= 0.3 is 0 Å². The third-order valence-electron chi connectivity index (χ3n) is 6.49. The number of anilines is 4. The molecule has 5 rings (SSSR count). The standard InChI is InChI=1S/C27H31N7OS.H2O.H2/c1-31-17-19-33(20-18-31)24-14-12-23(13-15-24)28-27-29-26-22(8-6-16-34(26)30-27)11-10-21-7-4-5-9-25(21)32(2)36(3)35;;/h4-16H,17-20H2,1-3H3,(H,28,30);1H2;1H/b11-10+;;. The van der Waals surface area contributed by atoms with E-state index in [2.05, 4.69) is 51.5 Å². The maximum Gasteiger partial charge on any atom is 0.247 e. The number of nitrogens with one attached hydrogen (secondary N) is 1. The van der Waals surface area contributed by atoms with Gasteiger partial charge in [-0.1, -0.05) is 30.4 Å². The Morgan fingerprint density at radius 3 is 2.38 bits per heavy atom. The van der Waals surface area contributed by atoms with E-state index in [1.165, 1.54) is 5.69 Å². The summed E-state index contributed by atoms with van der Waals surface area (Å²) in [5, 5.41) is 7.94. The lowest BCUT2D eigenvalue weighted by Gasteiger charge is -2.34. The summed E-state index contributed by atoms with van der Waals surface area (Å²) in [6.07, 6.45) is 7.60. The Bertz CT molecular complexity index is 1400. The Morgan fingerprint density at radius 2 is 1.65 bits per heavy atom. The van der Waals surface area contributed by atoms with Crippen LogP contribution in [-0.4, -0.2) is 75.7 Å². The van der Waals surface area contributed by atoms with Crippen molar-refractivity contribution in [3.63, 3.8) is 0 Å². The Kier molecular flexibility index (Phi) is 8.22. The molecule has 0 radical (unpaired) electrons. The number of benzene rings is 2. The number of hydrogen-bond acceptors (Lipinski definition) is 6. The number of pyridine rings is 1. The SMILES string of the molecule is CN1CCN(c2ccc(Nc3nc4c(/C=C/c5ccccc5N(C)S(C)=O)cccn4n3)cc2)CC1.O.[HH]. The highest BCUT2D eigenvalue weighted by Crippen LogP contribution is 2.24. The van der Waals surface area contributed by atoms with Gasteiger partial charge in [0.2, 0.25) is 5.95 Å². The summed E-state index contributed by atoms with van der Waals surface area (Å²) < 4.78 is 15.5. The second kappa shape index (κ2) is 11.5. The van der Waals surface area contributed by atoms with Crippen LogP contribution in [-0.2, 0) is 11.0 Å². The fraction of sp³-hybridized carbons (Fsp3) is 0.259. The highest BCUT2D eigenvalue weighted by Gasteiger charge is 2.14. The zero-order valence-corrected chi connectivity index (χ0v) is 22.2. The maximum atomic E-state index is 12.0. The van der Waals surface area contributed by atoms with Crippen molar-refractivity contribution in [1.29, 1.82) is 0 Å². The van der Waals surface area contributed by atoms with Crippen LogP contribution in [0.4, 0.5) is 23.0 Å². The summed E-state index contributed by atoms with van der Waals surface area (Å²) >= 11 is 0. The van der Waals surface area contributed by atoms with Gasteiger partial charge < -0.3 is 20.6 Å². The van der Waals surface area contributed by atoms with Crippen molar-refractivity contribution < 1.29 is 11.1 Å². The first kappa shape index (κ1) is 26.3. The highest BCUT2D eigenvalue weighted by atomic mass is 32.2. The van der Waals surface area contributed by atoms with Crippen molar-refractivity contribution in [2.45, 2.75) is 0 Å². The van der Waals surface area contributed by atoms with E-state index in [-0.39, 0.29) is 6.90 Å². The van der Waals surface area contributed by atoms with Crippen molar-refractivity contribution in [1.82, 2.24) is 19.5 Å². The largest absolute Gasteiger partial charge is 0.412 e. The molecule has 3 heterocycles. The lowest BCUT2D eigenvalue weighted by Crippen LogP contribution is -2.44. The first-order valence-corrected chi connectivity index (χ1v) is 13.5. The molecule has 2 aromatic carbocycles. The average Bonchev–Trinajstić information content (AvgIpc) is 3.31. The van der Waals surface area contributed by atoms with Gasteiger partial charge in [-0.2, -0.15) is 4.98 Å². The van der Waals surface area contributed by atoms with Crippen LogP contribution < -0.4 is 14.5 Å². The van der Waals surface area contributed by atoms with Crippen LogP contribution in [0.2, 0.25) is 0 Å². The van der Waals surface area contributed by atoms with Gasteiger partial charge in [-0.15, -0.1) is 5.10 Å². The molecule has 1 saturated heterocycles. The normalized spacial score (nSPS) is 15.1. The molecule has 0 bridgehead atoms. The topological polar surface area (TPSA) is 101 Å². The van der Waals surface area contributed by atoms with Crippen LogP contribution in [0.1, 0.15) is 12.6 Å². The maximum absolute atomic E-state index is 12.0. The summed E-state index contributed by atoms with van der Waals surface area (Å²) in [4.78, 5) is 9.51. The molecule has 1 atom stereocenters. The molecule has 1 aliphatic heterocycles. The Hall–Kier alpha value is -3.73. The minimum atomic E-state index is -1.10. The van der Waals surface area contributed by atoms with E-state index in [1.807, 2.05) is 61.8 Å². The van der Waals surface area contributed by atoms with E-state index in [0.717, 1.165) is 54.3 Å². The van der Waals surface area contributed by atoms with Gasteiger partial charge in [0.25, 0.3) is 0 Å². The third kappa shape index (κ3) is 5.99. The van der Waals surface area contributed by atoms with E-state index in [9.17, 15) is 4.21 Å². The second-order valence-electron chi connectivity index (χ2n) is 8.94. The lowest BCUT2D eigenvalue weighted by molar-refractivity contribution is 0.313. The van der Waals surface area contributed by atoms with Gasteiger partial charge in [-0.3, -0.25) is 4.31 Å². The molecule has 10 heteroatoms. The molecule has 1 fully saturated rings. The molecule has 0 aliphatic carbocycles. The molecule has 4 aromatic rings. The molecule has 3 N–H and O–H groups in total. The smallest absolute Gasteiger partial charge is 0.247 e. The highest BCUT2D eigenvalue weighted by molar-refractivity contribution is 7.85. The number of nitrogens with zero attached hydrogens (tertiary/aromatic N) is 6. The zero-order chi connectivity index (χ0) is 25.1. The van der Waals surface area contributed by atoms with E-state index in [1.54, 1.807) is 15.1 Å². The molecule has 196 valence electrons. The summed E-state index contributed by atoms with van der Waals surface area (Å²) in [5.41, 5.74) is 5.78. The van der Waals surface area contributed by atoms with Crippen molar-refractivity contribution in [2.24, 2.45) is 0 Å². The molecule has 1 unspecified atom stereocenters. The molecular weight excluding hydrogens is 486 g/mol. The molecule has 0 spiro atoms. The predicted molar refractivity (Wildman–Crippen MR) is 156 cm³/mol. The van der Waals surface area contributed by atoms with E-state index in [0.29, 0.717) is 5.95 Å². The van der Waals surface area contributed by atoms with E-state index >= 15 is 0 Å². The second-order valence-corrected chi connectivity index (χ2v) is 10.3. The van der Waals surface area contributed by atoms with Crippen molar-refractivity contribution >= 4 is 51.8 Å². The zero-order valence-electron chi connectivity index (χ0n) is 21.3. The van der Waals surface area contributed by atoms with Crippen molar-refractivity contribution in [2.75, 3.05) is 61.1 Å². The third-order valence-corrected chi connectivity index (χ3v) is 7.46. The van der Waals surface area contributed by atoms with Gasteiger partial charge in [0.05, 0.1) is 5.69 Å². The summed E-state index contributed by atoms with van der Waals surface area (Å²) in [7, 11) is 2.90. The molecule has 9 nitrogen and oxygen atoms in total. The van der Waals surface area contributed by atoms with E-state index < -0.39 is 11.0 Å². The monoisotopic (exact) mass is 521 g/mol. The van der Waals surface area contributed by atoms with Crippen molar-refractivity contribution in [3.05, 3.63) is 78.0 Å². The number of aromatic nitrogens is 3. The molecule has 2 aromatic heterocycles. The molecule has 0 amide bonds. The molecular formula is C27H35N7O2S. The summed E-state index contributed by atoms with van der Waals surface area (Å²) in [6, 6.07) is 20.3. The first-order valence-electron chi connectivity index (χ1n) is 12.0. The molecule has 37 heavy (non-hydrogen) atoms. The van der Waals surface area contributed by atoms with Gasteiger partial charge in [-0.05, 0) is 55.1 Å². The van der Waals surface area contributed by atoms with Gasteiger partial charge in [0.1, 0.15) is 11.0 Å². The molecule has 1 aliphatic rings.